The van der Waals surface area contributed by atoms with Gasteiger partial charge in [0.05, 0.1) is 5.75 Å². The van der Waals surface area contributed by atoms with E-state index in [9.17, 15) is 18.0 Å². The maximum absolute atomic E-state index is 11.7. The summed E-state index contributed by atoms with van der Waals surface area (Å²) in [6.45, 7) is 0. The second-order valence-electron chi connectivity index (χ2n) is 5.23. The van der Waals surface area contributed by atoms with Gasteiger partial charge in [0.15, 0.2) is 0 Å². The zero-order valence-corrected chi connectivity index (χ0v) is 11.9. The number of hydrogen-bond donors (Lipinski definition) is 2. The standard InChI is InChI=1S/C12H21NO5S/c1-19(17,18)7-6-10(12(15)16)13-11(14)8-9-4-2-3-5-9/h9-10H,2-8H2,1H3,(H,13,14)(H,15,16). The molecule has 1 unspecified atom stereocenters. The van der Waals surface area contributed by atoms with Crippen molar-refractivity contribution < 1.29 is 23.1 Å². The summed E-state index contributed by atoms with van der Waals surface area (Å²) in [5.41, 5.74) is 0. The van der Waals surface area contributed by atoms with E-state index in [0.29, 0.717) is 12.3 Å². The Hall–Kier alpha value is -1.11. The van der Waals surface area contributed by atoms with Crippen molar-refractivity contribution in [3.05, 3.63) is 0 Å². The van der Waals surface area contributed by atoms with Crippen LogP contribution in [0.5, 0.6) is 0 Å². The van der Waals surface area contributed by atoms with Crippen LogP contribution in [-0.4, -0.2) is 43.5 Å². The summed E-state index contributed by atoms with van der Waals surface area (Å²) in [5, 5.41) is 11.4. The zero-order valence-electron chi connectivity index (χ0n) is 11.1. The average molecular weight is 291 g/mol. The Bertz CT molecular complexity index is 425. The second-order valence-corrected chi connectivity index (χ2v) is 7.49. The van der Waals surface area contributed by atoms with Crippen LogP contribution in [0.1, 0.15) is 38.5 Å². The summed E-state index contributed by atoms with van der Waals surface area (Å²) in [7, 11) is -3.23. The Kier molecular flexibility index (Phi) is 5.78. The first-order valence-electron chi connectivity index (χ1n) is 6.48. The molecule has 0 heterocycles. The molecule has 2 N–H and O–H groups in total. The largest absolute Gasteiger partial charge is 0.480 e. The lowest BCUT2D eigenvalue weighted by Crippen LogP contribution is -2.42. The number of carboxylic acid groups (broad SMARTS) is 1. The van der Waals surface area contributed by atoms with Gasteiger partial charge in [-0.25, -0.2) is 13.2 Å². The molecule has 0 aromatic carbocycles. The van der Waals surface area contributed by atoms with E-state index in [0.717, 1.165) is 31.9 Å². The molecule has 6 nitrogen and oxygen atoms in total. The maximum atomic E-state index is 11.7. The van der Waals surface area contributed by atoms with Gasteiger partial charge in [0.2, 0.25) is 5.91 Å². The minimum Gasteiger partial charge on any atom is -0.480 e. The Morgan fingerprint density at radius 2 is 1.89 bits per heavy atom. The summed E-state index contributed by atoms with van der Waals surface area (Å²) in [6, 6.07) is -1.12. The summed E-state index contributed by atoms with van der Waals surface area (Å²) in [4.78, 5) is 22.7. The lowest BCUT2D eigenvalue weighted by atomic mass is 10.0. The molecule has 0 spiro atoms. The van der Waals surface area contributed by atoms with Gasteiger partial charge in [-0.15, -0.1) is 0 Å². The van der Waals surface area contributed by atoms with Gasteiger partial charge in [0.1, 0.15) is 15.9 Å². The van der Waals surface area contributed by atoms with Crippen LogP contribution in [0.3, 0.4) is 0 Å². The highest BCUT2D eigenvalue weighted by Gasteiger charge is 2.24. The van der Waals surface area contributed by atoms with Gasteiger partial charge < -0.3 is 10.4 Å². The van der Waals surface area contributed by atoms with Crippen LogP contribution in [0.2, 0.25) is 0 Å². The van der Waals surface area contributed by atoms with Crippen LogP contribution in [0.4, 0.5) is 0 Å². The fourth-order valence-electron chi connectivity index (χ4n) is 2.32. The molecule has 19 heavy (non-hydrogen) atoms. The summed E-state index contributed by atoms with van der Waals surface area (Å²) < 4.78 is 22.0. The van der Waals surface area contributed by atoms with Crippen LogP contribution in [0.15, 0.2) is 0 Å². The quantitative estimate of drug-likeness (QED) is 0.714. The number of carbonyl (C=O) groups excluding carboxylic acids is 1. The number of aliphatic carboxylic acids is 1. The van der Waals surface area contributed by atoms with Crippen molar-refractivity contribution in [3.63, 3.8) is 0 Å². The third kappa shape index (κ3) is 6.56. The van der Waals surface area contributed by atoms with Gasteiger partial charge in [-0.3, -0.25) is 4.79 Å². The lowest BCUT2D eigenvalue weighted by Gasteiger charge is -2.15. The monoisotopic (exact) mass is 291 g/mol. The molecule has 1 aliphatic carbocycles. The molecule has 110 valence electrons. The van der Waals surface area contributed by atoms with Gasteiger partial charge in [-0.2, -0.15) is 0 Å². The molecule has 0 aliphatic heterocycles. The SMILES string of the molecule is CS(=O)(=O)CCC(NC(=O)CC1CCCC1)C(=O)O. The fraction of sp³-hybridized carbons (Fsp3) is 0.833. The van der Waals surface area contributed by atoms with E-state index >= 15 is 0 Å². The van der Waals surface area contributed by atoms with Gasteiger partial charge in [0.25, 0.3) is 0 Å². The number of nitrogens with one attached hydrogen (secondary N) is 1. The molecule has 0 aromatic heterocycles. The van der Waals surface area contributed by atoms with Crippen molar-refractivity contribution in [2.24, 2.45) is 5.92 Å². The zero-order chi connectivity index (χ0) is 14.5. The van der Waals surface area contributed by atoms with Crippen molar-refractivity contribution in [1.29, 1.82) is 0 Å². The molecule has 1 atom stereocenters. The van der Waals surface area contributed by atoms with Crippen LogP contribution in [0.25, 0.3) is 0 Å². The molecule has 1 aliphatic rings. The number of carbonyl (C=O) groups is 2. The Morgan fingerprint density at radius 3 is 2.37 bits per heavy atom. The molecule has 7 heteroatoms. The molecule has 1 rings (SSSR count). The smallest absolute Gasteiger partial charge is 0.326 e. The number of carboxylic acids is 1. The van der Waals surface area contributed by atoms with Crippen molar-refractivity contribution in [2.75, 3.05) is 12.0 Å². The van der Waals surface area contributed by atoms with E-state index in [4.69, 9.17) is 5.11 Å². The first-order valence-corrected chi connectivity index (χ1v) is 8.54. The molecule has 0 bridgehead atoms. The van der Waals surface area contributed by atoms with Gasteiger partial charge >= 0.3 is 5.97 Å². The van der Waals surface area contributed by atoms with Gasteiger partial charge in [-0.05, 0) is 25.2 Å². The van der Waals surface area contributed by atoms with Crippen molar-refractivity contribution in [2.45, 2.75) is 44.6 Å². The molecule has 0 saturated heterocycles. The van der Waals surface area contributed by atoms with E-state index in [1.165, 1.54) is 0 Å². The Labute approximate surface area is 113 Å². The highest BCUT2D eigenvalue weighted by molar-refractivity contribution is 7.90. The minimum atomic E-state index is -3.23. The van der Waals surface area contributed by atoms with Crippen LogP contribution < -0.4 is 5.32 Å². The first-order chi connectivity index (χ1) is 8.78. The number of hydrogen-bond acceptors (Lipinski definition) is 4. The molecular formula is C12H21NO5S. The van der Waals surface area contributed by atoms with Crippen LogP contribution in [0, 0.1) is 5.92 Å². The predicted octanol–water partition coefficient (Wildman–Crippen LogP) is 0.571. The summed E-state index contributed by atoms with van der Waals surface area (Å²) >= 11 is 0. The van der Waals surface area contributed by atoms with Crippen molar-refractivity contribution in [1.82, 2.24) is 5.32 Å². The van der Waals surface area contributed by atoms with E-state index in [-0.39, 0.29) is 18.1 Å². The highest BCUT2D eigenvalue weighted by atomic mass is 32.2. The summed E-state index contributed by atoms with van der Waals surface area (Å²) in [5.74, 6) is -1.39. The first kappa shape index (κ1) is 15.9. The van der Waals surface area contributed by atoms with Crippen LogP contribution >= 0.6 is 0 Å². The fourth-order valence-corrected chi connectivity index (χ4v) is 2.98. The summed E-state index contributed by atoms with van der Waals surface area (Å²) in [6.07, 6.45) is 5.55. The molecule has 0 aromatic rings. The van der Waals surface area contributed by atoms with Crippen molar-refractivity contribution >= 4 is 21.7 Å². The normalized spacial score (nSPS) is 18.2. The van der Waals surface area contributed by atoms with Crippen molar-refractivity contribution in [3.8, 4) is 0 Å². The second kappa shape index (κ2) is 6.88. The molecule has 0 radical (unpaired) electrons. The van der Waals surface area contributed by atoms with E-state index in [1.807, 2.05) is 0 Å². The average Bonchev–Trinajstić information content (AvgIpc) is 2.75. The topological polar surface area (TPSA) is 101 Å². The molecular weight excluding hydrogens is 270 g/mol. The molecule has 1 amide bonds. The Balaban J connectivity index is 2.43. The number of amides is 1. The molecule has 1 saturated carbocycles. The van der Waals surface area contributed by atoms with E-state index < -0.39 is 21.8 Å². The Morgan fingerprint density at radius 1 is 1.32 bits per heavy atom. The maximum Gasteiger partial charge on any atom is 0.326 e. The third-order valence-corrected chi connectivity index (χ3v) is 4.34. The highest BCUT2D eigenvalue weighted by Crippen LogP contribution is 2.27. The van der Waals surface area contributed by atoms with Gasteiger partial charge in [-0.1, -0.05) is 12.8 Å². The third-order valence-electron chi connectivity index (χ3n) is 3.36. The molecule has 1 fully saturated rings. The van der Waals surface area contributed by atoms with Gasteiger partial charge in [0, 0.05) is 12.7 Å². The minimum absolute atomic E-state index is 0.0927. The van der Waals surface area contributed by atoms with Crippen LogP contribution in [-0.2, 0) is 19.4 Å². The predicted molar refractivity (Wildman–Crippen MR) is 70.5 cm³/mol. The lowest BCUT2D eigenvalue weighted by molar-refractivity contribution is -0.142. The number of rotatable bonds is 7. The van der Waals surface area contributed by atoms with E-state index in [2.05, 4.69) is 5.32 Å². The van der Waals surface area contributed by atoms with E-state index in [1.54, 1.807) is 0 Å². The number of sulfone groups is 1.